The maximum atomic E-state index is 13.5. The molecule has 4 amide bonds. The lowest BCUT2D eigenvalue weighted by atomic mass is 9.81. The Morgan fingerprint density at radius 2 is 1.11 bits per heavy atom. The summed E-state index contributed by atoms with van der Waals surface area (Å²) >= 11 is 0. The minimum atomic E-state index is -0.631. The monoisotopic (exact) mass is 1130 g/mol. The maximum absolute atomic E-state index is 13.5. The Labute approximate surface area is 476 Å². The number of esters is 2. The molecule has 10 rings (SSSR count). The lowest BCUT2D eigenvalue weighted by molar-refractivity contribution is -0.137. The third-order valence-electron chi connectivity index (χ3n) is 13.9. The Kier molecular flexibility index (Phi) is 17.0. The zero-order chi connectivity index (χ0) is 59.2. The van der Waals surface area contributed by atoms with E-state index in [0.29, 0.717) is 63.7 Å². The van der Waals surface area contributed by atoms with Crippen LogP contribution in [0, 0.1) is 11.6 Å². The SMILES string of the molecule is CCOC(=O)C1=CN(C(=O)c2ccc(F)cc2)CC(C)(C)c2c1[nH]c1cc(OC(=O)N(C)c3ccncc3)ccc21.CCOC(=O)C1=CN(C(=O)c2ccc(F)cc2)CC(C)(C)c2c1[nH]c1cc(OC(=O)NCCc3ccccn3)ccc21. The summed E-state index contributed by atoms with van der Waals surface area (Å²) in [6, 6.07) is 30.0. The summed E-state index contributed by atoms with van der Waals surface area (Å²) in [5.41, 5.74) is 5.12. The van der Waals surface area contributed by atoms with Gasteiger partial charge in [-0.1, -0.05) is 33.8 Å². The highest BCUT2D eigenvalue weighted by Crippen LogP contribution is 2.43. The summed E-state index contributed by atoms with van der Waals surface area (Å²) in [5.74, 6) is -2.20. The van der Waals surface area contributed by atoms with Crippen LogP contribution in [0.2, 0.25) is 0 Å². The lowest BCUT2D eigenvalue weighted by Crippen LogP contribution is -2.37. The summed E-state index contributed by atoms with van der Waals surface area (Å²) in [7, 11) is 1.60. The third-order valence-corrected chi connectivity index (χ3v) is 13.9. The number of aromatic amines is 2. The van der Waals surface area contributed by atoms with E-state index in [1.165, 1.54) is 75.6 Å². The van der Waals surface area contributed by atoms with Gasteiger partial charge in [-0.05, 0) is 122 Å². The van der Waals surface area contributed by atoms with Crippen molar-refractivity contribution in [2.24, 2.45) is 0 Å². The number of H-pyrrole nitrogens is 2. The normalized spacial score (nSPS) is 14.0. The summed E-state index contributed by atoms with van der Waals surface area (Å²) < 4.78 is 48.9. The van der Waals surface area contributed by atoms with Crippen molar-refractivity contribution >= 4 is 74.6 Å². The lowest BCUT2D eigenvalue weighted by Gasteiger charge is -2.29. The molecule has 6 heterocycles. The quantitative estimate of drug-likeness (QED) is 0.0973. The molecule has 18 nitrogen and oxygen atoms in total. The van der Waals surface area contributed by atoms with Gasteiger partial charge in [0.15, 0.2) is 0 Å². The van der Waals surface area contributed by atoms with Gasteiger partial charge in [-0.2, -0.15) is 0 Å². The van der Waals surface area contributed by atoms with Gasteiger partial charge in [-0.3, -0.25) is 24.5 Å². The van der Waals surface area contributed by atoms with Gasteiger partial charge in [0.05, 0.1) is 35.7 Å². The molecule has 2 aliphatic rings. The van der Waals surface area contributed by atoms with Gasteiger partial charge in [0.1, 0.15) is 23.1 Å². The topological polar surface area (TPSA) is 218 Å². The van der Waals surface area contributed by atoms with Gasteiger partial charge in [0, 0.05) is 131 Å². The number of carbonyl (C=O) groups is 6. The Bertz CT molecular complexity index is 3820. The second-order valence-electron chi connectivity index (χ2n) is 20.9. The highest BCUT2D eigenvalue weighted by molar-refractivity contribution is 6.19. The Balaban J connectivity index is 0.000000200. The number of nitrogens with one attached hydrogen (secondary N) is 3. The number of rotatable bonds is 12. The van der Waals surface area contributed by atoms with Gasteiger partial charge in [-0.25, -0.2) is 28.0 Å². The Morgan fingerprint density at radius 1 is 0.627 bits per heavy atom. The van der Waals surface area contributed by atoms with E-state index in [0.717, 1.165) is 27.6 Å². The highest BCUT2D eigenvalue weighted by Gasteiger charge is 2.40. The van der Waals surface area contributed by atoms with Crippen molar-refractivity contribution in [2.45, 2.75) is 58.8 Å². The van der Waals surface area contributed by atoms with Gasteiger partial charge in [0.25, 0.3) is 11.8 Å². The van der Waals surface area contributed by atoms with Crippen LogP contribution in [-0.4, -0.2) is 106 Å². The van der Waals surface area contributed by atoms with Crippen molar-refractivity contribution in [3.05, 3.63) is 197 Å². The predicted octanol–water partition coefficient (Wildman–Crippen LogP) is 11.0. The number of nitrogens with zero attached hydrogens (tertiary/aromatic N) is 5. The first-order valence-corrected chi connectivity index (χ1v) is 26.7. The molecule has 0 atom stereocenters. The van der Waals surface area contributed by atoms with E-state index in [1.54, 1.807) is 75.9 Å². The average Bonchev–Trinajstić information content (AvgIpc) is 3.36. The molecular formula is C63H60F2N8O10. The molecule has 3 N–H and O–H groups in total. The van der Waals surface area contributed by atoms with Crippen molar-refractivity contribution in [1.82, 2.24) is 35.1 Å². The zero-order valence-electron chi connectivity index (χ0n) is 46.7. The van der Waals surface area contributed by atoms with E-state index < -0.39 is 46.6 Å². The second kappa shape index (κ2) is 24.4. The number of hydrogen-bond donors (Lipinski definition) is 3. The molecule has 0 bridgehead atoms. The van der Waals surface area contributed by atoms with Crippen molar-refractivity contribution in [1.29, 1.82) is 0 Å². The smallest absolute Gasteiger partial charge is 0.419 e. The molecule has 4 aromatic carbocycles. The molecule has 0 fully saturated rings. The van der Waals surface area contributed by atoms with Crippen LogP contribution in [-0.2, 0) is 36.3 Å². The number of carbonyl (C=O) groups excluding carboxylic acids is 6. The average molecular weight is 1130 g/mol. The minimum absolute atomic E-state index is 0.145. The van der Waals surface area contributed by atoms with E-state index in [1.807, 2.05) is 58.0 Å². The number of hydrogen-bond acceptors (Lipinski definition) is 12. The van der Waals surface area contributed by atoms with Crippen molar-refractivity contribution < 1.29 is 56.5 Å². The molecule has 0 radical (unpaired) electrons. The van der Waals surface area contributed by atoms with E-state index in [-0.39, 0.29) is 49.3 Å². The molecular weight excluding hydrogens is 1070 g/mol. The molecule has 0 saturated carbocycles. The van der Waals surface area contributed by atoms with Crippen LogP contribution in [0.1, 0.15) is 90.5 Å². The molecule has 426 valence electrons. The minimum Gasteiger partial charge on any atom is -0.462 e. The van der Waals surface area contributed by atoms with Crippen LogP contribution in [0.4, 0.5) is 24.1 Å². The van der Waals surface area contributed by atoms with Crippen LogP contribution >= 0.6 is 0 Å². The van der Waals surface area contributed by atoms with Crippen LogP contribution in [0.3, 0.4) is 0 Å². The number of benzene rings is 4. The fourth-order valence-corrected chi connectivity index (χ4v) is 10.2. The predicted molar refractivity (Wildman–Crippen MR) is 307 cm³/mol. The number of pyridine rings is 2. The first kappa shape index (κ1) is 57.7. The Morgan fingerprint density at radius 3 is 1.57 bits per heavy atom. The first-order chi connectivity index (χ1) is 39.7. The zero-order valence-corrected chi connectivity index (χ0v) is 46.7. The fourth-order valence-electron chi connectivity index (χ4n) is 10.2. The summed E-state index contributed by atoms with van der Waals surface area (Å²) in [5, 5.41) is 4.34. The summed E-state index contributed by atoms with van der Waals surface area (Å²) in [4.78, 5) is 97.6. The van der Waals surface area contributed by atoms with Gasteiger partial charge >= 0.3 is 24.1 Å². The maximum Gasteiger partial charge on any atom is 0.419 e. The molecule has 0 unspecified atom stereocenters. The summed E-state index contributed by atoms with van der Waals surface area (Å²) in [6.45, 7) is 12.4. The van der Waals surface area contributed by atoms with E-state index in [9.17, 15) is 37.5 Å². The molecule has 0 saturated heterocycles. The molecule has 8 aromatic rings. The van der Waals surface area contributed by atoms with Gasteiger partial charge < -0.3 is 44.0 Å². The van der Waals surface area contributed by atoms with Crippen molar-refractivity contribution in [3.8, 4) is 11.5 Å². The molecule has 20 heteroatoms. The first-order valence-electron chi connectivity index (χ1n) is 26.7. The van der Waals surface area contributed by atoms with Crippen LogP contribution in [0.5, 0.6) is 11.5 Å². The molecule has 0 spiro atoms. The number of aromatic nitrogens is 4. The van der Waals surface area contributed by atoms with Crippen molar-refractivity contribution in [3.63, 3.8) is 0 Å². The highest BCUT2D eigenvalue weighted by atomic mass is 19.1. The van der Waals surface area contributed by atoms with E-state index >= 15 is 0 Å². The van der Waals surface area contributed by atoms with Crippen LogP contribution in [0.15, 0.2) is 146 Å². The standard InChI is InChI=1S/C32H31FN4O5.C31H29FN4O5/c1-4-41-30(39)25-18-37(29(38)20-8-10-21(33)11-9-20)19-32(2,3)27-24-13-12-23(17-26(24)36-28(25)27)42-31(40)35-16-14-22-7-5-6-15-34-22;1-5-40-29(38)24-17-36(28(37)19-6-8-20(32)9-7-19)18-31(2,3)26-23-11-10-22(16-25(23)34-27(24)26)41-30(39)35(4)21-12-14-33-15-13-21/h5-13,15,17-18,36H,4,14,16,19H2,1-3H3,(H,35,40);6-17,34H,5,18H2,1-4H3. The van der Waals surface area contributed by atoms with Gasteiger partial charge in [-0.15, -0.1) is 0 Å². The third kappa shape index (κ3) is 12.8. The second-order valence-corrected chi connectivity index (χ2v) is 20.9. The van der Waals surface area contributed by atoms with Crippen LogP contribution < -0.4 is 19.7 Å². The molecule has 0 aliphatic carbocycles. The largest absolute Gasteiger partial charge is 0.462 e. The van der Waals surface area contributed by atoms with Crippen molar-refractivity contribution in [2.75, 3.05) is 44.8 Å². The number of amides is 4. The summed E-state index contributed by atoms with van der Waals surface area (Å²) in [6.07, 6.45) is 7.23. The number of anilines is 1. The molecule has 4 aromatic heterocycles. The fraction of sp³-hybridized carbons (Fsp3) is 0.238. The van der Waals surface area contributed by atoms with Crippen LogP contribution in [0.25, 0.3) is 33.0 Å². The Hall–Kier alpha value is -9.98. The van der Waals surface area contributed by atoms with Gasteiger partial charge in [0.2, 0.25) is 0 Å². The number of halogens is 2. The molecule has 2 aliphatic heterocycles. The number of fused-ring (bicyclic) bond motifs is 6. The van der Waals surface area contributed by atoms with E-state index in [2.05, 4.69) is 25.3 Å². The number of ether oxygens (including phenoxy) is 4. The van der Waals surface area contributed by atoms with E-state index in [4.69, 9.17) is 18.9 Å². The molecule has 83 heavy (non-hydrogen) atoms.